The molecule has 33 heavy (non-hydrogen) atoms. The highest BCUT2D eigenvalue weighted by molar-refractivity contribution is 7.20. The van der Waals surface area contributed by atoms with Gasteiger partial charge in [0.2, 0.25) is 5.91 Å². The van der Waals surface area contributed by atoms with E-state index in [0.29, 0.717) is 12.1 Å². The van der Waals surface area contributed by atoms with Crippen molar-refractivity contribution in [2.45, 2.75) is 58.2 Å². The molecule has 3 aromatic heterocycles. The first-order valence-electron chi connectivity index (χ1n) is 11.4. The van der Waals surface area contributed by atoms with Gasteiger partial charge in [0.15, 0.2) is 0 Å². The highest BCUT2D eigenvalue weighted by Crippen LogP contribution is 2.34. The van der Waals surface area contributed by atoms with Gasteiger partial charge in [0.05, 0.1) is 23.5 Å². The van der Waals surface area contributed by atoms with Crippen LogP contribution < -0.4 is 15.6 Å². The minimum Gasteiger partial charge on any atom is -0.497 e. The van der Waals surface area contributed by atoms with Gasteiger partial charge in [-0.25, -0.2) is 4.68 Å². The summed E-state index contributed by atoms with van der Waals surface area (Å²) >= 11 is 1.66. The van der Waals surface area contributed by atoms with E-state index in [1.807, 2.05) is 28.8 Å². The first-order valence-corrected chi connectivity index (χ1v) is 12.3. The Hall–Kier alpha value is -3.13. The number of rotatable bonds is 6. The smallest absolute Gasteiger partial charge is 0.291 e. The molecule has 8 heteroatoms. The molecule has 0 aliphatic heterocycles. The Balaban J connectivity index is 1.53. The van der Waals surface area contributed by atoms with E-state index < -0.39 is 0 Å². The first-order chi connectivity index (χ1) is 16.0. The van der Waals surface area contributed by atoms with Crippen molar-refractivity contribution in [3.05, 3.63) is 57.3 Å². The number of carbonyl (C=O) groups excluding carboxylic acids is 1. The molecule has 0 saturated heterocycles. The zero-order valence-electron chi connectivity index (χ0n) is 19.0. The van der Waals surface area contributed by atoms with E-state index in [9.17, 15) is 9.59 Å². The second-order valence-electron chi connectivity index (χ2n) is 8.78. The molecular formula is C25H28N4O3S. The predicted molar refractivity (Wildman–Crippen MR) is 131 cm³/mol. The molecule has 7 nitrogen and oxygen atoms in total. The van der Waals surface area contributed by atoms with Crippen LogP contribution in [-0.4, -0.2) is 33.4 Å². The number of aromatic nitrogens is 3. The van der Waals surface area contributed by atoms with Gasteiger partial charge in [0.25, 0.3) is 5.56 Å². The van der Waals surface area contributed by atoms with Gasteiger partial charge < -0.3 is 14.6 Å². The van der Waals surface area contributed by atoms with E-state index in [0.717, 1.165) is 52.6 Å². The summed E-state index contributed by atoms with van der Waals surface area (Å²) in [5.41, 5.74) is 2.39. The van der Waals surface area contributed by atoms with Crippen molar-refractivity contribution in [3.8, 4) is 5.75 Å². The minimum absolute atomic E-state index is 0.0672. The molecule has 1 amide bonds. The zero-order chi connectivity index (χ0) is 22.9. The fourth-order valence-electron chi connectivity index (χ4n) is 4.81. The van der Waals surface area contributed by atoms with Crippen LogP contribution in [0.2, 0.25) is 0 Å². The molecule has 0 unspecified atom stereocenters. The molecule has 1 N–H and O–H groups in total. The van der Waals surface area contributed by atoms with Crippen LogP contribution in [0, 0.1) is 6.92 Å². The van der Waals surface area contributed by atoms with Crippen LogP contribution >= 0.6 is 11.3 Å². The Morgan fingerprint density at radius 3 is 2.85 bits per heavy atom. The van der Waals surface area contributed by atoms with Crippen molar-refractivity contribution >= 4 is 38.4 Å². The molecule has 4 aromatic rings. The quantitative estimate of drug-likeness (QED) is 0.463. The number of carbonyl (C=O) groups is 1. The lowest BCUT2D eigenvalue weighted by molar-refractivity contribution is -0.122. The molecule has 172 valence electrons. The molecule has 0 spiro atoms. The van der Waals surface area contributed by atoms with Crippen molar-refractivity contribution in [1.29, 1.82) is 0 Å². The van der Waals surface area contributed by atoms with Gasteiger partial charge in [-0.05, 0) is 43.5 Å². The summed E-state index contributed by atoms with van der Waals surface area (Å²) in [6, 6.07) is 10.2. The molecule has 1 aromatic carbocycles. The topological polar surface area (TPSA) is 78.2 Å². The van der Waals surface area contributed by atoms with Crippen molar-refractivity contribution < 1.29 is 9.53 Å². The Kier molecular flexibility index (Phi) is 5.93. The van der Waals surface area contributed by atoms with Gasteiger partial charge in [0, 0.05) is 22.8 Å². The summed E-state index contributed by atoms with van der Waals surface area (Å²) in [5.74, 6) is 0.625. The summed E-state index contributed by atoms with van der Waals surface area (Å²) in [4.78, 5) is 27.4. The van der Waals surface area contributed by atoms with Gasteiger partial charge in [0.1, 0.15) is 17.8 Å². The third-order valence-corrected chi connectivity index (χ3v) is 7.47. The maximum absolute atomic E-state index is 13.5. The largest absolute Gasteiger partial charge is 0.497 e. The first kappa shape index (κ1) is 21.7. The van der Waals surface area contributed by atoms with Crippen LogP contribution in [0.3, 0.4) is 0 Å². The average molecular weight is 465 g/mol. The van der Waals surface area contributed by atoms with E-state index in [2.05, 4.69) is 23.4 Å². The number of benzene rings is 1. The Morgan fingerprint density at radius 2 is 2.06 bits per heavy atom. The second-order valence-corrected chi connectivity index (χ2v) is 10.0. The van der Waals surface area contributed by atoms with E-state index in [-0.39, 0.29) is 24.1 Å². The van der Waals surface area contributed by atoms with Gasteiger partial charge in [-0.3, -0.25) is 9.59 Å². The number of aryl methyl sites for hydroxylation is 1. The summed E-state index contributed by atoms with van der Waals surface area (Å²) < 4.78 is 9.76. The fraction of sp³-hybridized carbons (Fsp3) is 0.400. The monoisotopic (exact) mass is 464 g/mol. The van der Waals surface area contributed by atoms with E-state index in [4.69, 9.17) is 4.74 Å². The Morgan fingerprint density at radius 1 is 1.24 bits per heavy atom. The molecule has 5 rings (SSSR count). The standard InChI is InChI=1S/C25H28N4O3S/c1-16-11-21-24(33-16)20-13-26-29(15-22(30)27-18-8-4-3-5-9-18)25(31)23(20)28(21)14-17-7-6-10-19(12-17)32-2/h6-7,10-13,18H,3-5,8-9,14-15H2,1-2H3,(H,27,30). The summed E-state index contributed by atoms with van der Waals surface area (Å²) in [5, 5.41) is 8.28. The van der Waals surface area contributed by atoms with Crippen LogP contribution in [0.4, 0.5) is 0 Å². The van der Waals surface area contributed by atoms with Gasteiger partial charge in [-0.15, -0.1) is 11.3 Å². The molecule has 0 bridgehead atoms. The van der Waals surface area contributed by atoms with E-state index in [1.165, 1.54) is 16.0 Å². The van der Waals surface area contributed by atoms with Crippen LogP contribution in [0.5, 0.6) is 5.75 Å². The maximum Gasteiger partial charge on any atom is 0.291 e. The van der Waals surface area contributed by atoms with Crippen molar-refractivity contribution in [2.75, 3.05) is 7.11 Å². The number of hydrogen-bond acceptors (Lipinski definition) is 5. The maximum atomic E-state index is 13.5. The number of hydrogen-bond donors (Lipinski definition) is 1. The fourth-order valence-corrected chi connectivity index (χ4v) is 5.83. The number of ether oxygens (including phenoxy) is 1. The minimum atomic E-state index is -0.241. The average Bonchev–Trinajstić information content (AvgIpc) is 3.32. The zero-order valence-corrected chi connectivity index (χ0v) is 19.8. The molecule has 1 aliphatic rings. The van der Waals surface area contributed by atoms with E-state index >= 15 is 0 Å². The SMILES string of the molecule is COc1cccc(Cn2c3cc(C)sc3c3cnn(CC(=O)NC4CCCCC4)c(=O)c32)c1. The second kappa shape index (κ2) is 9.02. The number of methoxy groups -OCH3 is 1. The lowest BCUT2D eigenvalue weighted by atomic mass is 9.95. The van der Waals surface area contributed by atoms with E-state index in [1.54, 1.807) is 24.6 Å². The summed E-state index contributed by atoms with van der Waals surface area (Å²) in [6.45, 7) is 2.53. The molecule has 1 saturated carbocycles. The summed E-state index contributed by atoms with van der Waals surface area (Å²) in [7, 11) is 1.65. The predicted octanol–water partition coefficient (Wildman–Crippen LogP) is 4.23. The number of fused-ring (bicyclic) bond motifs is 3. The van der Waals surface area contributed by atoms with Crippen molar-refractivity contribution in [2.24, 2.45) is 0 Å². The summed E-state index contributed by atoms with van der Waals surface area (Å²) in [6.07, 6.45) is 7.25. The molecule has 1 aliphatic carbocycles. The number of nitrogens with zero attached hydrogens (tertiary/aromatic N) is 3. The van der Waals surface area contributed by atoms with Gasteiger partial charge in [-0.1, -0.05) is 31.4 Å². The highest BCUT2D eigenvalue weighted by atomic mass is 32.1. The molecule has 0 radical (unpaired) electrons. The molecule has 3 heterocycles. The van der Waals surface area contributed by atoms with Crippen LogP contribution in [0.1, 0.15) is 42.5 Å². The lowest BCUT2D eigenvalue weighted by Crippen LogP contribution is -2.40. The van der Waals surface area contributed by atoms with Crippen molar-refractivity contribution in [1.82, 2.24) is 19.7 Å². The third kappa shape index (κ3) is 4.27. The van der Waals surface area contributed by atoms with Crippen molar-refractivity contribution in [3.63, 3.8) is 0 Å². The Labute approximate surface area is 196 Å². The number of amides is 1. The Bertz CT molecular complexity index is 1380. The third-order valence-electron chi connectivity index (χ3n) is 6.40. The molecule has 1 fully saturated rings. The van der Waals surface area contributed by atoms with Crippen LogP contribution in [-0.2, 0) is 17.9 Å². The van der Waals surface area contributed by atoms with Gasteiger partial charge in [-0.2, -0.15) is 5.10 Å². The lowest BCUT2D eigenvalue weighted by Gasteiger charge is -2.22. The normalized spacial score (nSPS) is 14.7. The van der Waals surface area contributed by atoms with Crippen LogP contribution in [0.15, 0.2) is 41.3 Å². The van der Waals surface area contributed by atoms with Crippen LogP contribution in [0.25, 0.3) is 21.1 Å². The highest BCUT2D eigenvalue weighted by Gasteiger charge is 2.21. The number of thiophene rings is 1. The van der Waals surface area contributed by atoms with Gasteiger partial charge >= 0.3 is 0 Å². The number of nitrogens with one attached hydrogen (secondary N) is 1. The molecule has 0 atom stereocenters. The molecular weight excluding hydrogens is 436 g/mol.